The lowest BCUT2D eigenvalue weighted by Crippen LogP contribution is -2.23. The molecule has 3 aromatic rings. The summed E-state index contributed by atoms with van der Waals surface area (Å²) >= 11 is 1.58. The second-order valence-corrected chi connectivity index (χ2v) is 8.53. The fourth-order valence-electron chi connectivity index (χ4n) is 2.47. The Hall–Kier alpha value is -2.22. The molecule has 1 N–H and O–H groups in total. The predicted octanol–water partition coefficient (Wildman–Crippen LogP) is 4.08. The standard InChI is InChI=1S/C19H20N2O3S2/c1-14(2)24-17-5-7-18(8-6-17)26(22,23)21-12-15-4-3-10-20-19(15)16-9-11-25-13-16/h3-11,13-14,21H,12H2,1-2H3. The Morgan fingerprint density at radius 3 is 2.58 bits per heavy atom. The molecule has 5 nitrogen and oxygen atoms in total. The van der Waals surface area contributed by atoms with Crippen molar-refractivity contribution in [2.45, 2.75) is 31.4 Å². The highest BCUT2D eigenvalue weighted by Gasteiger charge is 2.15. The van der Waals surface area contributed by atoms with Crippen molar-refractivity contribution in [3.05, 3.63) is 65.0 Å². The van der Waals surface area contributed by atoms with E-state index >= 15 is 0 Å². The largest absolute Gasteiger partial charge is 0.491 e. The van der Waals surface area contributed by atoms with E-state index in [2.05, 4.69) is 9.71 Å². The van der Waals surface area contributed by atoms with E-state index in [1.807, 2.05) is 36.7 Å². The summed E-state index contributed by atoms with van der Waals surface area (Å²) in [5, 5.41) is 3.96. The van der Waals surface area contributed by atoms with E-state index in [9.17, 15) is 8.42 Å². The smallest absolute Gasteiger partial charge is 0.240 e. The average molecular weight is 389 g/mol. The topological polar surface area (TPSA) is 68.3 Å². The van der Waals surface area contributed by atoms with Crippen LogP contribution in [0.15, 0.2) is 64.3 Å². The number of thiophene rings is 1. The summed E-state index contributed by atoms with van der Waals surface area (Å²) in [4.78, 5) is 4.59. The van der Waals surface area contributed by atoms with Crippen molar-refractivity contribution in [1.82, 2.24) is 9.71 Å². The monoisotopic (exact) mass is 388 g/mol. The van der Waals surface area contributed by atoms with Gasteiger partial charge in [0.15, 0.2) is 0 Å². The number of nitrogens with zero attached hydrogens (tertiary/aromatic N) is 1. The third-order valence-corrected chi connectivity index (χ3v) is 5.74. The van der Waals surface area contributed by atoms with Crippen LogP contribution in [0.1, 0.15) is 19.4 Å². The van der Waals surface area contributed by atoms with Gasteiger partial charge in [-0.05, 0) is 61.2 Å². The lowest BCUT2D eigenvalue weighted by atomic mass is 10.1. The van der Waals surface area contributed by atoms with E-state index in [0.717, 1.165) is 16.8 Å². The molecular weight excluding hydrogens is 368 g/mol. The van der Waals surface area contributed by atoms with E-state index in [-0.39, 0.29) is 17.5 Å². The lowest BCUT2D eigenvalue weighted by Gasteiger charge is -2.12. The van der Waals surface area contributed by atoms with Gasteiger partial charge >= 0.3 is 0 Å². The molecule has 0 saturated heterocycles. The summed E-state index contributed by atoms with van der Waals surface area (Å²) < 4.78 is 33.3. The minimum absolute atomic E-state index is 0.0386. The Balaban J connectivity index is 1.75. The average Bonchev–Trinajstić information content (AvgIpc) is 3.15. The van der Waals surface area contributed by atoms with Gasteiger partial charge in [0.1, 0.15) is 5.75 Å². The van der Waals surface area contributed by atoms with Gasteiger partial charge in [-0.15, -0.1) is 0 Å². The molecule has 136 valence electrons. The number of nitrogens with one attached hydrogen (secondary N) is 1. The van der Waals surface area contributed by atoms with Gasteiger partial charge in [0.25, 0.3) is 0 Å². The third-order valence-electron chi connectivity index (χ3n) is 3.64. The van der Waals surface area contributed by atoms with Gasteiger partial charge in [-0.2, -0.15) is 11.3 Å². The van der Waals surface area contributed by atoms with Crippen molar-refractivity contribution in [2.75, 3.05) is 0 Å². The molecule has 0 bridgehead atoms. The van der Waals surface area contributed by atoms with Crippen LogP contribution >= 0.6 is 11.3 Å². The van der Waals surface area contributed by atoms with Crippen LogP contribution in [0, 0.1) is 0 Å². The van der Waals surface area contributed by atoms with Crippen molar-refractivity contribution in [3.8, 4) is 17.0 Å². The number of pyridine rings is 1. The van der Waals surface area contributed by atoms with Crippen molar-refractivity contribution in [3.63, 3.8) is 0 Å². The maximum absolute atomic E-state index is 12.6. The van der Waals surface area contributed by atoms with Crippen LogP contribution in [0.5, 0.6) is 5.75 Å². The molecule has 0 radical (unpaired) electrons. The molecule has 0 unspecified atom stereocenters. The number of rotatable bonds is 7. The molecule has 2 heterocycles. The molecule has 0 fully saturated rings. The van der Waals surface area contributed by atoms with E-state index in [1.54, 1.807) is 47.9 Å². The minimum atomic E-state index is -3.62. The maximum Gasteiger partial charge on any atom is 0.240 e. The molecule has 7 heteroatoms. The number of hydrogen-bond acceptors (Lipinski definition) is 5. The highest BCUT2D eigenvalue weighted by molar-refractivity contribution is 7.89. The molecule has 1 aromatic carbocycles. The Morgan fingerprint density at radius 1 is 1.15 bits per heavy atom. The fourth-order valence-corrected chi connectivity index (χ4v) is 4.11. The summed E-state index contributed by atoms with van der Waals surface area (Å²) in [5.74, 6) is 0.644. The van der Waals surface area contributed by atoms with Gasteiger partial charge in [-0.3, -0.25) is 4.98 Å². The van der Waals surface area contributed by atoms with E-state index in [0.29, 0.717) is 5.75 Å². The van der Waals surface area contributed by atoms with Crippen molar-refractivity contribution < 1.29 is 13.2 Å². The van der Waals surface area contributed by atoms with Crippen LogP contribution in [-0.4, -0.2) is 19.5 Å². The molecule has 0 aliphatic heterocycles. The quantitative estimate of drug-likeness (QED) is 0.662. The molecule has 0 spiro atoms. The maximum atomic E-state index is 12.6. The summed E-state index contributed by atoms with van der Waals surface area (Å²) in [6, 6.07) is 12.1. The number of sulfonamides is 1. The van der Waals surface area contributed by atoms with Crippen LogP contribution in [0.2, 0.25) is 0 Å². The first-order chi connectivity index (χ1) is 12.5. The first-order valence-electron chi connectivity index (χ1n) is 8.18. The lowest BCUT2D eigenvalue weighted by molar-refractivity contribution is 0.242. The Morgan fingerprint density at radius 2 is 1.92 bits per heavy atom. The van der Waals surface area contributed by atoms with E-state index < -0.39 is 10.0 Å². The first kappa shape index (κ1) is 18.6. The number of ether oxygens (including phenoxy) is 1. The van der Waals surface area contributed by atoms with Crippen molar-refractivity contribution >= 4 is 21.4 Å². The van der Waals surface area contributed by atoms with Gasteiger partial charge < -0.3 is 4.74 Å². The highest BCUT2D eigenvalue weighted by Crippen LogP contribution is 2.24. The Kier molecular flexibility index (Phi) is 5.70. The molecule has 26 heavy (non-hydrogen) atoms. The van der Waals surface area contributed by atoms with Crippen LogP contribution in [0.4, 0.5) is 0 Å². The summed E-state index contributed by atoms with van der Waals surface area (Å²) in [6.07, 6.45) is 1.75. The van der Waals surface area contributed by atoms with Crippen LogP contribution in [0.25, 0.3) is 11.3 Å². The molecule has 0 aliphatic carbocycles. The first-order valence-corrected chi connectivity index (χ1v) is 10.6. The number of aromatic nitrogens is 1. The zero-order valence-corrected chi connectivity index (χ0v) is 16.2. The third kappa shape index (κ3) is 4.49. The zero-order valence-electron chi connectivity index (χ0n) is 14.5. The van der Waals surface area contributed by atoms with Gasteiger partial charge in [-0.25, -0.2) is 13.1 Å². The van der Waals surface area contributed by atoms with Crippen LogP contribution < -0.4 is 9.46 Å². The number of hydrogen-bond donors (Lipinski definition) is 1. The van der Waals surface area contributed by atoms with E-state index in [4.69, 9.17) is 4.74 Å². The normalized spacial score (nSPS) is 11.7. The SMILES string of the molecule is CC(C)Oc1ccc(S(=O)(=O)NCc2cccnc2-c2ccsc2)cc1. The van der Waals surface area contributed by atoms with E-state index in [1.165, 1.54) is 0 Å². The van der Waals surface area contributed by atoms with Gasteiger partial charge in [-0.1, -0.05) is 6.07 Å². The summed E-state index contributed by atoms with van der Waals surface area (Å²) in [7, 11) is -3.62. The molecule has 0 amide bonds. The molecule has 3 rings (SSSR count). The summed E-state index contributed by atoms with van der Waals surface area (Å²) in [6.45, 7) is 4.02. The molecule has 0 saturated carbocycles. The van der Waals surface area contributed by atoms with Crippen molar-refractivity contribution in [2.24, 2.45) is 0 Å². The Labute approximate surface area is 157 Å². The molecular formula is C19H20N2O3S2. The van der Waals surface area contributed by atoms with Gasteiger partial charge in [0, 0.05) is 23.7 Å². The summed E-state index contributed by atoms with van der Waals surface area (Å²) in [5.41, 5.74) is 2.60. The van der Waals surface area contributed by atoms with Crippen molar-refractivity contribution in [1.29, 1.82) is 0 Å². The van der Waals surface area contributed by atoms with Crippen LogP contribution in [0.3, 0.4) is 0 Å². The second-order valence-electron chi connectivity index (χ2n) is 5.99. The van der Waals surface area contributed by atoms with Crippen LogP contribution in [-0.2, 0) is 16.6 Å². The second kappa shape index (κ2) is 7.99. The minimum Gasteiger partial charge on any atom is -0.491 e. The zero-order chi connectivity index (χ0) is 18.6. The Bertz CT molecular complexity index is 951. The molecule has 0 aliphatic rings. The van der Waals surface area contributed by atoms with Gasteiger partial charge in [0.05, 0.1) is 16.7 Å². The van der Waals surface area contributed by atoms with Gasteiger partial charge in [0.2, 0.25) is 10.0 Å². The fraction of sp³-hybridized carbons (Fsp3) is 0.211. The molecule has 2 aromatic heterocycles. The molecule has 0 atom stereocenters. The number of benzene rings is 1. The predicted molar refractivity (Wildman–Crippen MR) is 104 cm³/mol. The highest BCUT2D eigenvalue weighted by atomic mass is 32.2.